The first-order valence-corrected chi connectivity index (χ1v) is 9.08. The maximum atomic E-state index is 12.1. The van der Waals surface area contributed by atoms with E-state index in [1.165, 1.54) is 12.8 Å². The van der Waals surface area contributed by atoms with Crippen molar-refractivity contribution in [3.05, 3.63) is 29.3 Å². The van der Waals surface area contributed by atoms with Crippen LogP contribution in [0.2, 0.25) is 5.02 Å². The van der Waals surface area contributed by atoms with Crippen molar-refractivity contribution >= 4 is 40.9 Å². The number of hydrogen-bond donors (Lipinski definition) is 1. The number of hydrogen-bond acceptors (Lipinski definition) is 3. The van der Waals surface area contributed by atoms with Gasteiger partial charge in [-0.25, -0.2) is 0 Å². The molecule has 2 aliphatic rings. The summed E-state index contributed by atoms with van der Waals surface area (Å²) in [6.45, 7) is 0.512. The summed E-state index contributed by atoms with van der Waals surface area (Å²) in [4.78, 5) is 25.7. The maximum absolute atomic E-state index is 12.1. The van der Waals surface area contributed by atoms with Crippen molar-refractivity contribution in [1.29, 1.82) is 0 Å². The Balaban J connectivity index is 1.49. The van der Waals surface area contributed by atoms with Crippen molar-refractivity contribution in [3.8, 4) is 0 Å². The Morgan fingerprint density at radius 1 is 1.41 bits per heavy atom. The third-order valence-corrected chi connectivity index (χ3v) is 5.30. The van der Waals surface area contributed by atoms with Gasteiger partial charge in [-0.15, -0.1) is 0 Å². The number of anilines is 1. The van der Waals surface area contributed by atoms with E-state index in [1.807, 2.05) is 12.1 Å². The molecule has 4 nitrogen and oxygen atoms in total. The Kier molecular flexibility index (Phi) is 4.93. The van der Waals surface area contributed by atoms with Crippen LogP contribution in [0.1, 0.15) is 19.3 Å². The quantitative estimate of drug-likeness (QED) is 0.867. The number of nitrogens with one attached hydrogen (secondary N) is 1. The maximum Gasteiger partial charge on any atom is 0.230 e. The first-order chi connectivity index (χ1) is 10.6. The smallest absolute Gasteiger partial charge is 0.230 e. The fourth-order valence-corrected chi connectivity index (χ4v) is 3.81. The molecule has 1 saturated carbocycles. The standard InChI is InChI=1S/C16H19ClN2O2S/c17-12-2-1-3-14(6-12)19-8-13(7-16(19)21)18-15(20)10-22-9-11-4-5-11/h1-3,6,11,13H,4-5,7-10H2,(H,18,20)/t13-/m0/s1. The summed E-state index contributed by atoms with van der Waals surface area (Å²) in [5.41, 5.74) is 0.789. The van der Waals surface area contributed by atoms with Gasteiger partial charge in [0.1, 0.15) is 0 Å². The topological polar surface area (TPSA) is 49.4 Å². The predicted octanol–water partition coefficient (Wildman–Crippen LogP) is 2.70. The van der Waals surface area contributed by atoms with Gasteiger partial charge in [0.25, 0.3) is 0 Å². The van der Waals surface area contributed by atoms with Gasteiger partial charge in [-0.1, -0.05) is 17.7 Å². The van der Waals surface area contributed by atoms with Crippen molar-refractivity contribution in [2.24, 2.45) is 5.92 Å². The average Bonchev–Trinajstić information content (AvgIpc) is 3.22. The van der Waals surface area contributed by atoms with Crippen molar-refractivity contribution in [2.75, 3.05) is 23.0 Å². The zero-order chi connectivity index (χ0) is 15.5. The number of halogens is 1. The lowest BCUT2D eigenvalue weighted by atomic mass is 10.2. The molecular formula is C16H19ClN2O2S. The van der Waals surface area contributed by atoms with Gasteiger partial charge in [-0.05, 0) is 42.7 Å². The third-order valence-electron chi connectivity index (χ3n) is 3.89. The van der Waals surface area contributed by atoms with Gasteiger partial charge in [0, 0.05) is 23.7 Å². The van der Waals surface area contributed by atoms with Crippen LogP contribution in [0.15, 0.2) is 24.3 Å². The van der Waals surface area contributed by atoms with Crippen molar-refractivity contribution in [3.63, 3.8) is 0 Å². The molecule has 1 aromatic rings. The molecular weight excluding hydrogens is 320 g/mol. The van der Waals surface area contributed by atoms with Gasteiger partial charge in [-0.3, -0.25) is 9.59 Å². The summed E-state index contributed by atoms with van der Waals surface area (Å²) in [6, 6.07) is 7.13. The summed E-state index contributed by atoms with van der Waals surface area (Å²) in [7, 11) is 0. The minimum absolute atomic E-state index is 0.0244. The number of carbonyl (C=O) groups excluding carboxylic acids is 2. The SMILES string of the molecule is O=C(CSCC1CC1)N[C@H]1CC(=O)N(c2cccc(Cl)c2)C1. The lowest BCUT2D eigenvalue weighted by Crippen LogP contribution is -2.38. The van der Waals surface area contributed by atoms with Crippen LogP contribution < -0.4 is 10.2 Å². The fraction of sp³-hybridized carbons (Fsp3) is 0.500. The van der Waals surface area contributed by atoms with Crippen LogP contribution in [-0.4, -0.2) is 35.9 Å². The second-order valence-corrected chi connectivity index (χ2v) is 7.38. The minimum Gasteiger partial charge on any atom is -0.350 e. The van der Waals surface area contributed by atoms with Crippen LogP contribution in [0.25, 0.3) is 0 Å². The zero-order valence-electron chi connectivity index (χ0n) is 12.3. The van der Waals surface area contributed by atoms with Crippen molar-refractivity contribution in [1.82, 2.24) is 5.32 Å². The number of thioether (sulfide) groups is 1. The van der Waals surface area contributed by atoms with E-state index >= 15 is 0 Å². The van der Waals surface area contributed by atoms with Gasteiger partial charge in [0.15, 0.2) is 0 Å². The summed E-state index contributed by atoms with van der Waals surface area (Å²) in [5, 5.41) is 3.57. The molecule has 118 valence electrons. The first-order valence-electron chi connectivity index (χ1n) is 7.55. The Morgan fingerprint density at radius 3 is 2.95 bits per heavy atom. The molecule has 22 heavy (non-hydrogen) atoms. The van der Waals surface area contributed by atoms with Crippen LogP contribution in [0, 0.1) is 5.92 Å². The predicted molar refractivity (Wildman–Crippen MR) is 90.4 cm³/mol. The highest BCUT2D eigenvalue weighted by molar-refractivity contribution is 7.99. The molecule has 1 aliphatic heterocycles. The number of benzene rings is 1. The molecule has 1 aromatic carbocycles. The van der Waals surface area contributed by atoms with E-state index in [4.69, 9.17) is 11.6 Å². The highest BCUT2D eigenvalue weighted by Gasteiger charge is 2.31. The Labute approximate surface area is 139 Å². The highest BCUT2D eigenvalue weighted by Crippen LogP contribution is 2.32. The molecule has 2 fully saturated rings. The Hall–Kier alpha value is -1.20. The average molecular weight is 339 g/mol. The number of nitrogens with zero attached hydrogens (tertiary/aromatic N) is 1. The van der Waals surface area contributed by atoms with Crippen LogP contribution >= 0.6 is 23.4 Å². The number of carbonyl (C=O) groups is 2. The zero-order valence-corrected chi connectivity index (χ0v) is 13.8. The molecule has 0 radical (unpaired) electrons. The summed E-state index contributed by atoms with van der Waals surface area (Å²) < 4.78 is 0. The molecule has 1 N–H and O–H groups in total. The molecule has 2 amide bonds. The van der Waals surface area contributed by atoms with E-state index in [-0.39, 0.29) is 17.9 Å². The van der Waals surface area contributed by atoms with Gasteiger partial charge in [0.2, 0.25) is 11.8 Å². The van der Waals surface area contributed by atoms with E-state index in [0.29, 0.717) is 23.7 Å². The normalized spacial score (nSPS) is 21.2. The lowest BCUT2D eigenvalue weighted by Gasteiger charge is -2.17. The molecule has 1 heterocycles. The number of rotatable bonds is 6. The second-order valence-electron chi connectivity index (χ2n) is 5.91. The van der Waals surface area contributed by atoms with E-state index in [2.05, 4.69) is 5.32 Å². The monoisotopic (exact) mass is 338 g/mol. The van der Waals surface area contributed by atoms with Crippen LogP contribution in [0.4, 0.5) is 5.69 Å². The fourth-order valence-electron chi connectivity index (χ4n) is 2.57. The summed E-state index contributed by atoms with van der Waals surface area (Å²) >= 11 is 7.66. The molecule has 1 atom stereocenters. The van der Waals surface area contributed by atoms with Gasteiger partial charge < -0.3 is 10.2 Å². The highest BCUT2D eigenvalue weighted by atomic mass is 35.5. The molecule has 1 aliphatic carbocycles. The first kappa shape index (κ1) is 15.7. The van der Waals surface area contributed by atoms with Crippen LogP contribution in [0.3, 0.4) is 0 Å². The molecule has 0 spiro atoms. The summed E-state index contributed by atoms with van der Waals surface area (Å²) in [5.74, 6) is 2.43. The largest absolute Gasteiger partial charge is 0.350 e. The lowest BCUT2D eigenvalue weighted by molar-refractivity contribution is -0.119. The molecule has 0 aromatic heterocycles. The van der Waals surface area contributed by atoms with Crippen LogP contribution in [0.5, 0.6) is 0 Å². The molecule has 0 bridgehead atoms. The molecule has 3 rings (SSSR count). The van der Waals surface area contributed by atoms with Crippen molar-refractivity contribution < 1.29 is 9.59 Å². The van der Waals surface area contributed by atoms with E-state index in [9.17, 15) is 9.59 Å². The van der Waals surface area contributed by atoms with Gasteiger partial charge in [-0.2, -0.15) is 11.8 Å². The van der Waals surface area contributed by atoms with E-state index in [1.54, 1.807) is 28.8 Å². The molecule has 6 heteroatoms. The Morgan fingerprint density at radius 2 is 2.23 bits per heavy atom. The van der Waals surface area contributed by atoms with Gasteiger partial charge >= 0.3 is 0 Å². The van der Waals surface area contributed by atoms with Crippen LogP contribution in [-0.2, 0) is 9.59 Å². The second kappa shape index (κ2) is 6.92. The minimum atomic E-state index is -0.111. The number of amides is 2. The molecule has 1 saturated heterocycles. The Bertz CT molecular complexity index is 577. The third kappa shape index (κ3) is 4.17. The van der Waals surface area contributed by atoms with Gasteiger partial charge in [0.05, 0.1) is 11.8 Å². The van der Waals surface area contributed by atoms with E-state index < -0.39 is 0 Å². The summed E-state index contributed by atoms with van der Waals surface area (Å²) in [6.07, 6.45) is 2.96. The van der Waals surface area contributed by atoms with E-state index in [0.717, 1.165) is 17.4 Å². The molecule has 0 unspecified atom stereocenters. The van der Waals surface area contributed by atoms with Crippen molar-refractivity contribution in [2.45, 2.75) is 25.3 Å².